The Kier molecular flexibility index (Phi) is 2.63. The Labute approximate surface area is 63.6 Å². The maximum absolute atomic E-state index is 10.5. The molecule has 0 bridgehead atoms. The lowest BCUT2D eigenvalue weighted by Gasteiger charge is -2.15. The molecule has 0 aromatic rings. The van der Waals surface area contributed by atoms with Gasteiger partial charge in [-0.3, -0.25) is 0 Å². The van der Waals surface area contributed by atoms with E-state index in [1.54, 1.807) is 0 Å². The van der Waals surface area contributed by atoms with Crippen LogP contribution in [0.3, 0.4) is 0 Å². The zero-order chi connectivity index (χ0) is 7.56. The van der Waals surface area contributed by atoms with Crippen LogP contribution in [0.2, 0.25) is 0 Å². The van der Waals surface area contributed by atoms with Crippen LogP contribution in [-0.2, 0) is 11.1 Å². The normalized spacial score (nSPS) is 29.4. The van der Waals surface area contributed by atoms with E-state index in [1.165, 1.54) is 0 Å². The Hall–Kier alpha value is -0.150. The van der Waals surface area contributed by atoms with Crippen molar-refractivity contribution in [1.29, 1.82) is 0 Å². The summed E-state index contributed by atoms with van der Waals surface area (Å²) in [5.41, 5.74) is 0. The van der Waals surface area contributed by atoms with Gasteiger partial charge in [0.25, 0.3) is 0 Å². The topological polar surface area (TPSA) is 37.3 Å². The molecule has 0 radical (unpaired) electrons. The molecule has 2 nitrogen and oxygen atoms in total. The van der Waals surface area contributed by atoms with Gasteiger partial charge in [0, 0.05) is 4.91 Å². The van der Waals surface area contributed by atoms with Gasteiger partial charge in [-0.05, 0) is 25.2 Å². The maximum Gasteiger partial charge on any atom is 0.181 e. The summed E-state index contributed by atoms with van der Waals surface area (Å²) < 4.78 is 19.2. The lowest BCUT2D eigenvalue weighted by atomic mass is 9.96. The summed E-state index contributed by atoms with van der Waals surface area (Å²) in [6, 6.07) is 0. The molecular weight excluding hydrogens is 148 g/mol. The van der Waals surface area contributed by atoms with Gasteiger partial charge in [0.05, 0.1) is 0 Å². The molecule has 1 aliphatic carbocycles. The smallest absolute Gasteiger partial charge is 0.181 e. The molecule has 1 aliphatic rings. The summed E-state index contributed by atoms with van der Waals surface area (Å²) in [4.78, 5) is 0.707. The summed E-state index contributed by atoms with van der Waals surface area (Å²) in [6.45, 7) is 2.16. The summed E-state index contributed by atoms with van der Waals surface area (Å²) in [7, 11) is 0. The molecule has 0 spiro atoms. The van der Waals surface area contributed by atoms with Gasteiger partial charge in [-0.2, -0.15) is 0 Å². The van der Waals surface area contributed by atoms with Gasteiger partial charge in [-0.15, -0.1) is 0 Å². The van der Waals surface area contributed by atoms with E-state index in [0.29, 0.717) is 10.8 Å². The second kappa shape index (κ2) is 3.30. The zero-order valence-corrected chi connectivity index (χ0v) is 6.86. The molecule has 1 rings (SSSR count). The van der Waals surface area contributed by atoms with E-state index in [1.807, 2.05) is 6.08 Å². The Morgan fingerprint density at radius 1 is 1.80 bits per heavy atom. The second-order valence-corrected chi connectivity index (χ2v) is 3.82. The Morgan fingerprint density at radius 2 is 2.50 bits per heavy atom. The van der Waals surface area contributed by atoms with E-state index in [2.05, 4.69) is 6.92 Å². The molecule has 0 fully saturated rings. The maximum atomic E-state index is 10.5. The van der Waals surface area contributed by atoms with Crippen LogP contribution in [0.15, 0.2) is 11.0 Å². The highest BCUT2D eigenvalue weighted by Gasteiger charge is 2.12. The first-order chi connectivity index (χ1) is 4.70. The molecule has 58 valence electrons. The minimum Gasteiger partial charge on any atom is -0.302 e. The number of rotatable bonds is 1. The summed E-state index contributed by atoms with van der Waals surface area (Å²) in [6.07, 6.45) is 4.70. The monoisotopic (exact) mass is 160 g/mol. The van der Waals surface area contributed by atoms with Crippen molar-refractivity contribution in [2.45, 2.75) is 26.2 Å². The molecule has 0 aromatic carbocycles. The number of hydrogen-bond donors (Lipinski definition) is 1. The fourth-order valence-electron chi connectivity index (χ4n) is 1.10. The molecule has 0 aliphatic heterocycles. The van der Waals surface area contributed by atoms with Crippen LogP contribution in [0.1, 0.15) is 26.2 Å². The van der Waals surface area contributed by atoms with Crippen molar-refractivity contribution < 1.29 is 8.76 Å². The average molecular weight is 160 g/mol. The van der Waals surface area contributed by atoms with Crippen molar-refractivity contribution in [2.24, 2.45) is 5.92 Å². The average Bonchev–Trinajstić information content (AvgIpc) is 1.88. The van der Waals surface area contributed by atoms with Crippen LogP contribution in [0.5, 0.6) is 0 Å². The predicted molar refractivity (Wildman–Crippen MR) is 41.9 cm³/mol. The Morgan fingerprint density at radius 3 is 2.90 bits per heavy atom. The first-order valence-electron chi connectivity index (χ1n) is 3.50. The van der Waals surface area contributed by atoms with Gasteiger partial charge in [0.2, 0.25) is 0 Å². The van der Waals surface area contributed by atoms with Crippen molar-refractivity contribution in [3.05, 3.63) is 11.0 Å². The van der Waals surface area contributed by atoms with Crippen LogP contribution in [0.4, 0.5) is 0 Å². The minimum absolute atomic E-state index is 0.687. The lowest BCUT2D eigenvalue weighted by molar-refractivity contribution is 0.512. The second-order valence-electron chi connectivity index (χ2n) is 2.80. The molecule has 1 N–H and O–H groups in total. The summed E-state index contributed by atoms with van der Waals surface area (Å²) >= 11 is -1.71. The quantitative estimate of drug-likeness (QED) is 0.595. The molecule has 0 saturated carbocycles. The van der Waals surface area contributed by atoms with Crippen LogP contribution in [0, 0.1) is 5.92 Å². The SMILES string of the molecule is CC1CC=C(S(=O)O)CC1. The lowest BCUT2D eigenvalue weighted by Crippen LogP contribution is -2.04. The fourth-order valence-corrected chi connectivity index (χ4v) is 1.63. The van der Waals surface area contributed by atoms with Gasteiger partial charge in [0.1, 0.15) is 0 Å². The van der Waals surface area contributed by atoms with Crippen molar-refractivity contribution in [3.63, 3.8) is 0 Å². The van der Waals surface area contributed by atoms with Gasteiger partial charge >= 0.3 is 0 Å². The van der Waals surface area contributed by atoms with Gasteiger partial charge < -0.3 is 4.55 Å². The van der Waals surface area contributed by atoms with E-state index < -0.39 is 11.1 Å². The standard InChI is InChI=1S/C7H12O2S/c1-6-2-4-7(5-3-6)10(8)9/h4,6H,2-3,5H2,1H3,(H,8,9). The zero-order valence-electron chi connectivity index (χ0n) is 6.04. The molecular formula is C7H12O2S. The number of allylic oxidation sites excluding steroid dienone is 2. The van der Waals surface area contributed by atoms with E-state index in [-0.39, 0.29) is 0 Å². The molecule has 0 heterocycles. The van der Waals surface area contributed by atoms with Crippen LogP contribution in [-0.4, -0.2) is 8.76 Å². The van der Waals surface area contributed by atoms with Gasteiger partial charge in [-0.25, -0.2) is 4.21 Å². The van der Waals surface area contributed by atoms with E-state index >= 15 is 0 Å². The molecule has 0 aromatic heterocycles. The summed E-state index contributed by atoms with van der Waals surface area (Å²) in [5, 5.41) is 0. The predicted octanol–water partition coefficient (Wildman–Crippen LogP) is 1.91. The highest BCUT2D eigenvalue weighted by atomic mass is 32.2. The third kappa shape index (κ3) is 1.92. The van der Waals surface area contributed by atoms with E-state index in [9.17, 15) is 4.21 Å². The third-order valence-electron chi connectivity index (χ3n) is 1.86. The first-order valence-corrected chi connectivity index (χ1v) is 4.60. The molecule has 10 heavy (non-hydrogen) atoms. The largest absolute Gasteiger partial charge is 0.302 e. The van der Waals surface area contributed by atoms with Crippen LogP contribution in [0.25, 0.3) is 0 Å². The Balaban J connectivity index is 2.56. The van der Waals surface area contributed by atoms with Crippen molar-refractivity contribution in [1.82, 2.24) is 0 Å². The van der Waals surface area contributed by atoms with Crippen molar-refractivity contribution in [2.75, 3.05) is 0 Å². The van der Waals surface area contributed by atoms with E-state index in [0.717, 1.165) is 19.3 Å². The highest BCUT2D eigenvalue weighted by molar-refractivity contribution is 7.83. The van der Waals surface area contributed by atoms with Crippen molar-refractivity contribution in [3.8, 4) is 0 Å². The first kappa shape index (κ1) is 7.95. The number of hydrogen-bond acceptors (Lipinski definition) is 1. The third-order valence-corrected chi connectivity index (χ3v) is 2.68. The molecule has 2 atom stereocenters. The van der Waals surface area contributed by atoms with Gasteiger partial charge in [0.15, 0.2) is 11.1 Å². The van der Waals surface area contributed by atoms with Crippen LogP contribution < -0.4 is 0 Å². The van der Waals surface area contributed by atoms with E-state index in [4.69, 9.17) is 4.55 Å². The van der Waals surface area contributed by atoms with Crippen molar-refractivity contribution >= 4 is 11.1 Å². The Bertz CT molecular complexity index is 174. The molecule has 0 amide bonds. The van der Waals surface area contributed by atoms with Crippen LogP contribution >= 0.6 is 0 Å². The summed E-state index contributed by atoms with van der Waals surface area (Å²) in [5.74, 6) is 0.687. The highest BCUT2D eigenvalue weighted by Crippen LogP contribution is 2.23. The fraction of sp³-hybridized carbons (Fsp3) is 0.714. The molecule has 2 unspecified atom stereocenters. The van der Waals surface area contributed by atoms with Gasteiger partial charge in [-0.1, -0.05) is 13.0 Å². The minimum atomic E-state index is -1.71. The molecule has 3 heteroatoms. The molecule has 0 saturated heterocycles.